The van der Waals surface area contributed by atoms with Gasteiger partial charge in [0.1, 0.15) is 5.03 Å². The predicted molar refractivity (Wildman–Crippen MR) is 125 cm³/mol. The van der Waals surface area contributed by atoms with E-state index in [4.69, 9.17) is 28.2 Å². The molecule has 0 spiro atoms. The van der Waals surface area contributed by atoms with Crippen LogP contribution in [0, 0.1) is 0 Å². The number of aromatic nitrogens is 1. The van der Waals surface area contributed by atoms with Gasteiger partial charge in [-0.05, 0) is 42.3 Å². The molecule has 0 bridgehead atoms. The molecule has 4 rings (SSSR count). The van der Waals surface area contributed by atoms with Crippen LogP contribution in [-0.4, -0.2) is 17.4 Å². The first-order chi connectivity index (χ1) is 14.6. The van der Waals surface area contributed by atoms with Gasteiger partial charge in [-0.15, -0.1) is 0 Å². The summed E-state index contributed by atoms with van der Waals surface area (Å²) in [5, 5.41) is 5.91. The van der Waals surface area contributed by atoms with Gasteiger partial charge < -0.3 is 5.32 Å². The molecular weight excluding hydrogens is 435 g/mol. The molecule has 0 unspecified atom stereocenters. The highest BCUT2D eigenvalue weighted by Crippen LogP contribution is 2.34. The lowest BCUT2D eigenvalue weighted by Gasteiger charge is -2.11. The van der Waals surface area contributed by atoms with Crippen molar-refractivity contribution in [3.05, 3.63) is 100 Å². The van der Waals surface area contributed by atoms with Gasteiger partial charge in [-0.3, -0.25) is 4.79 Å². The molecule has 1 N–H and O–H groups in total. The summed E-state index contributed by atoms with van der Waals surface area (Å²) >= 11 is 13.9. The number of nitrogens with one attached hydrogen (secondary N) is 1. The van der Waals surface area contributed by atoms with Crippen molar-refractivity contribution in [3.63, 3.8) is 0 Å². The SMILES string of the molecule is O=C(NCCc1ccccc1Cl)c1cc(Sc2ccccc2Cl)nc2ccccc12. The Kier molecular flexibility index (Phi) is 6.58. The number of fused-ring (bicyclic) bond motifs is 1. The monoisotopic (exact) mass is 452 g/mol. The van der Waals surface area contributed by atoms with Crippen molar-refractivity contribution in [1.82, 2.24) is 10.3 Å². The zero-order valence-electron chi connectivity index (χ0n) is 15.9. The van der Waals surface area contributed by atoms with Gasteiger partial charge in [-0.2, -0.15) is 0 Å². The van der Waals surface area contributed by atoms with E-state index in [0.29, 0.717) is 28.6 Å². The van der Waals surface area contributed by atoms with E-state index in [0.717, 1.165) is 26.4 Å². The second-order valence-electron chi connectivity index (χ2n) is 6.65. The van der Waals surface area contributed by atoms with Crippen LogP contribution in [0.5, 0.6) is 0 Å². The Morgan fingerprint density at radius 2 is 1.60 bits per heavy atom. The largest absolute Gasteiger partial charge is 0.352 e. The number of rotatable bonds is 6. The molecule has 30 heavy (non-hydrogen) atoms. The summed E-state index contributed by atoms with van der Waals surface area (Å²) in [4.78, 5) is 18.6. The molecule has 1 aromatic heterocycles. The molecule has 3 aromatic carbocycles. The van der Waals surface area contributed by atoms with Crippen molar-refractivity contribution in [1.29, 1.82) is 0 Å². The van der Waals surface area contributed by atoms with Crippen molar-refractivity contribution < 1.29 is 4.79 Å². The van der Waals surface area contributed by atoms with E-state index in [1.54, 1.807) is 0 Å². The van der Waals surface area contributed by atoms with Crippen LogP contribution in [0.4, 0.5) is 0 Å². The zero-order chi connectivity index (χ0) is 20.9. The molecule has 3 nitrogen and oxygen atoms in total. The maximum Gasteiger partial charge on any atom is 0.252 e. The number of benzene rings is 3. The van der Waals surface area contributed by atoms with E-state index in [-0.39, 0.29) is 5.91 Å². The van der Waals surface area contributed by atoms with E-state index in [1.165, 1.54) is 11.8 Å². The van der Waals surface area contributed by atoms with Crippen molar-refractivity contribution in [2.24, 2.45) is 0 Å². The van der Waals surface area contributed by atoms with Crippen LogP contribution in [0.3, 0.4) is 0 Å². The minimum absolute atomic E-state index is 0.137. The molecule has 0 saturated heterocycles. The molecule has 0 radical (unpaired) electrons. The third kappa shape index (κ3) is 4.78. The molecule has 1 heterocycles. The Morgan fingerprint density at radius 1 is 0.900 bits per heavy atom. The van der Waals surface area contributed by atoms with Crippen molar-refractivity contribution in [2.45, 2.75) is 16.3 Å². The zero-order valence-corrected chi connectivity index (χ0v) is 18.3. The van der Waals surface area contributed by atoms with Gasteiger partial charge in [-0.25, -0.2) is 4.98 Å². The van der Waals surface area contributed by atoms with Gasteiger partial charge in [0.2, 0.25) is 0 Å². The highest BCUT2D eigenvalue weighted by atomic mass is 35.5. The summed E-state index contributed by atoms with van der Waals surface area (Å²) in [5.74, 6) is -0.137. The standard InChI is InChI=1S/C24H18Cl2N2OS/c25-19-9-3-1-7-16(19)13-14-27-24(29)18-15-23(28-21-11-5-2-8-17(18)21)30-22-12-6-4-10-20(22)26/h1-12,15H,13-14H2,(H,27,29). The highest BCUT2D eigenvalue weighted by molar-refractivity contribution is 7.99. The molecule has 6 heteroatoms. The fourth-order valence-corrected chi connectivity index (χ4v) is 4.48. The molecule has 0 saturated carbocycles. The Balaban J connectivity index is 1.58. The van der Waals surface area contributed by atoms with Crippen LogP contribution in [0.2, 0.25) is 10.0 Å². The molecule has 0 atom stereocenters. The third-order valence-corrected chi connectivity index (χ3v) is 6.43. The number of carbonyl (C=O) groups excluding carboxylic acids is 1. The maximum atomic E-state index is 13.0. The number of nitrogens with zero attached hydrogens (tertiary/aromatic N) is 1. The van der Waals surface area contributed by atoms with Crippen LogP contribution in [0.1, 0.15) is 15.9 Å². The third-order valence-electron chi connectivity index (χ3n) is 4.63. The number of hydrogen-bond donors (Lipinski definition) is 1. The van der Waals surface area contributed by atoms with Gasteiger partial charge in [-0.1, -0.05) is 83.5 Å². The fraction of sp³-hybridized carbons (Fsp3) is 0.0833. The molecule has 0 aliphatic carbocycles. The van der Waals surface area contributed by atoms with Crippen LogP contribution in [0.25, 0.3) is 10.9 Å². The number of pyridine rings is 1. The first kappa shape index (κ1) is 20.7. The molecule has 4 aromatic rings. The average molecular weight is 453 g/mol. The Labute approximate surface area is 189 Å². The normalized spacial score (nSPS) is 10.9. The summed E-state index contributed by atoms with van der Waals surface area (Å²) < 4.78 is 0. The highest BCUT2D eigenvalue weighted by Gasteiger charge is 2.14. The van der Waals surface area contributed by atoms with Gasteiger partial charge in [0.25, 0.3) is 5.91 Å². The fourth-order valence-electron chi connectivity index (χ4n) is 3.14. The summed E-state index contributed by atoms with van der Waals surface area (Å²) in [6.07, 6.45) is 0.662. The van der Waals surface area contributed by atoms with Crippen LogP contribution >= 0.6 is 35.0 Å². The molecule has 0 aliphatic rings. The minimum Gasteiger partial charge on any atom is -0.352 e. The lowest BCUT2D eigenvalue weighted by Crippen LogP contribution is -2.26. The number of para-hydroxylation sites is 1. The summed E-state index contributed by atoms with van der Waals surface area (Å²) in [6.45, 7) is 0.492. The number of amides is 1. The quantitative estimate of drug-likeness (QED) is 0.355. The van der Waals surface area contributed by atoms with Crippen LogP contribution < -0.4 is 5.32 Å². The lowest BCUT2D eigenvalue weighted by molar-refractivity contribution is 0.0955. The summed E-state index contributed by atoms with van der Waals surface area (Å²) in [7, 11) is 0. The van der Waals surface area contributed by atoms with E-state index >= 15 is 0 Å². The van der Waals surface area contributed by atoms with E-state index in [9.17, 15) is 4.79 Å². The molecular formula is C24H18Cl2N2OS. The van der Waals surface area contributed by atoms with Gasteiger partial charge in [0.15, 0.2) is 0 Å². The summed E-state index contributed by atoms with van der Waals surface area (Å²) in [6, 6.07) is 24.7. The van der Waals surface area contributed by atoms with Crippen molar-refractivity contribution >= 4 is 51.8 Å². The Morgan fingerprint density at radius 3 is 2.40 bits per heavy atom. The van der Waals surface area contributed by atoms with Crippen molar-refractivity contribution in [3.8, 4) is 0 Å². The first-order valence-electron chi connectivity index (χ1n) is 9.45. The Bertz CT molecular complexity index is 1210. The second-order valence-corrected chi connectivity index (χ2v) is 8.53. The maximum absolute atomic E-state index is 13.0. The molecule has 0 aliphatic heterocycles. The van der Waals surface area contributed by atoms with Crippen LogP contribution in [-0.2, 0) is 6.42 Å². The van der Waals surface area contributed by atoms with E-state index in [1.807, 2.05) is 78.9 Å². The van der Waals surface area contributed by atoms with E-state index < -0.39 is 0 Å². The minimum atomic E-state index is -0.137. The predicted octanol–water partition coefficient (Wildman–Crippen LogP) is 6.67. The number of halogens is 2. The van der Waals surface area contributed by atoms with E-state index in [2.05, 4.69) is 5.32 Å². The number of hydrogen-bond acceptors (Lipinski definition) is 3. The Hall–Kier alpha value is -2.53. The van der Waals surface area contributed by atoms with Crippen molar-refractivity contribution in [2.75, 3.05) is 6.54 Å². The number of carbonyl (C=O) groups is 1. The molecule has 150 valence electrons. The second kappa shape index (κ2) is 9.52. The first-order valence-corrected chi connectivity index (χ1v) is 11.0. The molecule has 1 amide bonds. The average Bonchev–Trinajstić information content (AvgIpc) is 2.76. The van der Waals surface area contributed by atoms with Gasteiger partial charge >= 0.3 is 0 Å². The van der Waals surface area contributed by atoms with Gasteiger partial charge in [0, 0.05) is 21.8 Å². The summed E-state index contributed by atoms with van der Waals surface area (Å²) in [5.41, 5.74) is 2.37. The smallest absolute Gasteiger partial charge is 0.252 e. The van der Waals surface area contributed by atoms with Crippen LogP contribution in [0.15, 0.2) is 88.8 Å². The lowest BCUT2D eigenvalue weighted by atomic mass is 10.1. The molecule has 0 fully saturated rings. The topological polar surface area (TPSA) is 42.0 Å². The van der Waals surface area contributed by atoms with Gasteiger partial charge in [0.05, 0.1) is 16.1 Å².